The summed E-state index contributed by atoms with van der Waals surface area (Å²) in [6.45, 7) is 6.72. The van der Waals surface area contributed by atoms with Crippen molar-refractivity contribution in [1.82, 2.24) is 28.5 Å². The van der Waals surface area contributed by atoms with Gasteiger partial charge in [-0.15, -0.1) is 23.5 Å². The number of carbonyl (C=O) groups excluding carboxylic acids is 7. The van der Waals surface area contributed by atoms with Crippen molar-refractivity contribution >= 4 is 110 Å². The van der Waals surface area contributed by atoms with Gasteiger partial charge in [-0.05, 0) is 34.6 Å². The number of alkyl halides is 1. The molecule has 6 N–H and O–H groups in total. The van der Waals surface area contributed by atoms with Crippen LogP contribution in [0, 0.1) is 11.8 Å². The number of ketones is 2. The summed E-state index contributed by atoms with van der Waals surface area (Å²) < 4.78 is 35.1. The van der Waals surface area contributed by atoms with Gasteiger partial charge in [0.05, 0.1) is 22.6 Å². The minimum atomic E-state index is -1.55. The highest BCUT2D eigenvalue weighted by Crippen LogP contribution is 2.49. The number of rotatable bonds is 13. The molecule has 2 aromatic heterocycles. The lowest BCUT2D eigenvalue weighted by Gasteiger charge is -2.48. The van der Waals surface area contributed by atoms with Crippen LogP contribution in [0.2, 0.25) is 0 Å². The Morgan fingerprint density at radius 1 is 0.781 bits per heavy atom. The Balaban J connectivity index is 0.000000197. The Labute approximate surface area is 376 Å². The molecule has 64 heavy (non-hydrogen) atoms. The number of aliphatic hydroxyl groups excluding tert-OH is 2. The van der Waals surface area contributed by atoms with Gasteiger partial charge >= 0.3 is 17.9 Å². The number of hydrogen-bond donors (Lipinski definition) is 4. The molecule has 29 heteroatoms. The summed E-state index contributed by atoms with van der Waals surface area (Å²) in [6.07, 6.45) is -3.27. The summed E-state index contributed by atoms with van der Waals surface area (Å²) in [5, 5.41) is 26.1. The van der Waals surface area contributed by atoms with Crippen molar-refractivity contribution < 1.29 is 72.1 Å². The van der Waals surface area contributed by atoms with E-state index in [0.29, 0.717) is 11.1 Å². The zero-order valence-corrected chi connectivity index (χ0v) is 37.3. The monoisotopic (exact) mass is 968 g/mol. The highest BCUT2D eigenvalue weighted by Gasteiger charge is 2.58. The second-order valence-corrected chi connectivity index (χ2v) is 19.5. The molecule has 342 valence electrons. The van der Waals surface area contributed by atoms with Crippen LogP contribution in [-0.2, 0) is 57.4 Å². The molecule has 8 heterocycles. The number of amides is 2. The molecule has 0 bridgehead atoms. The van der Waals surface area contributed by atoms with Crippen LogP contribution in [0.3, 0.4) is 0 Å². The first-order chi connectivity index (χ1) is 30.1. The number of carbonyl (C=O) groups is 7. The Bertz CT molecular complexity index is 2470. The number of Topliss-reactive ketones (excluding diaryl/α,β-unsaturated/α-hetero) is 2. The number of cyclic esters (lactones) is 2. The average Bonchev–Trinajstić information content (AvgIpc) is 4.00. The number of halogens is 1. The molecule has 0 radical (unpaired) electrons. The fourth-order valence-corrected chi connectivity index (χ4v) is 10.5. The number of aromatic nitrogens is 4. The number of esters is 3. The van der Waals surface area contributed by atoms with Gasteiger partial charge in [0.2, 0.25) is 41.6 Å². The Morgan fingerprint density at radius 3 is 1.61 bits per heavy atom. The summed E-state index contributed by atoms with van der Waals surface area (Å²) in [7, 11) is 0. The second kappa shape index (κ2) is 17.7. The van der Waals surface area contributed by atoms with Crippen molar-refractivity contribution in [3.63, 3.8) is 0 Å². The van der Waals surface area contributed by atoms with Gasteiger partial charge in [0.15, 0.2) is 33.3 Å². The molecule has 6 aliphatic heterocycles. The second-order valence-electron chi connectivity index (χ2n) is 15.7. The van der Waals surface area contributed by atoms with E-state index < -0.39 is 94.5 Å². The topological polar surface area (TPSA) is 341 Å². The summed E-state index contributed by atoms with van der Waals surface area (Å²) >= 11 is 4.28. The van der Waals surface area contributed by atoms with E-state index in [4.69, 9.17) is 30.5 Å². The van der Waals surface area contributed by atoms with Gasteiger partial charge in [-0.2, -0.15) is 18.7 Å². The Kier molecular flexibility index (Phi) is 12.9. The number of oxime groups is 2. The first-order valence-corrected chi connectivity index (χ1v) is 22.4. The number of fused-ring (bicyclic) bond motifs is 4. The molecule has 2 aromatic rings. The first kappa shape index (κ1) is 46.4. The molecule has 0 aliphatic carbocycles. The normalized spacial score (nSPS) is 25.2. The third kappa shape index (κ3) is 8.90. The number of nitrogen functional groups attached to an aromatic ring is 2. The largest absolute Gasteiger partial charge is 0.457 e. The zero-order valence-electron chi connectivity index (χ0n) is 34.0. The van der Waals surface area contributed by atoms with Gasteiger partial charge in [-0.1, -0.05) is 10.3 Å². The highest BCUT2D eigenvalue weighted by atomic mass is 32.2. The van der Waals surface area contributed by atoms with Crippen LogP contribution in [0.15, 0.2) is 32.9 Å². The maximum Gasteiger partial charge on any atom is 0.357 e. The third-order valence-corrected chi connectivity index (χ3v) is 13.5. The molecule has 2 unspecified atom stereocenters. The van der Waals surface area contributed by atoms with Crippen molar-refractivity contribution in [3.8, 4) is 0 Å². The van der Waals surface area contributed by atoms with Gasteiger partial charge in [0, 0.05) is 58.6 Å². The number of nitrogens with zero attached hydrogens (tertiary/aromatic N) is 8. The maximum atomic E-state index is 13.3. The molecule has 0 saturated carbocycles. The fourth-order valence-electron chi connectivity index (χ4n) is 6.74. The van der Waals surface area contributed by atoms with Crippen molar-refractivity contribution in [2.24, 2.45) is 22.1 Å². The highest BCUT2D eigenvalue weighted by molar-refractivity contribution is 8.00. The van der Waals surface area contributed by atoms with Crippen molar-refractivity contribution in [2.45, 2.75) is 82.0 Å². The third-order valence-electron chi connectivity index (χ3n) is 9.74. The quantitative estimate of drug-likeness (QED) is 0.0673. The number of β-lactam (4-membered cyclic amide) rings is 2. The standard InChI is InChI=1S/C21H25N5O8S2.C14H12FN5O6S2/c1-20(2,3)33-18(31)21(4,5)34-24-11(13-23-19(22)36-25-13)10(27)6-8-14(28)26-12-9(7-35-15(8)26)16(29)32-17(12)30;15-3-25-18-7(9-17-14(16)28-19-9)6(21)1-4-10(22)20-8-5(2-27-11(4)20)12(23)26-13(8)24/h8,15-16,29H,6-7H2,1-5H3,(H2,22,23,25);4,11-12,23H,1-3H2,(H2,16,17,19)/b24-11+;18-7+/t8-,15-,16?;4-,11-,12?/m11/s1. The zero-order chi connectivity index (χ0) is 46.6. The average molecular weight is 969 g/mol. The summed E-state index contributed by atoms with van der Waals surface area (Å²) in [6, 6.07) is 0. The Morgan fingerprint density at radius 2 is 1.22 bits per heavy atom. The lowest BCUT2D eigenvalue weighted by molar-refractivity contribution is -0.179. The first-order valence-electron chi connectivity index (χ1n) is 18.8. The van der Waals surface area contributed by atoms with Gasteiger partial charge in [0.1, 0.15) is 17.0 Å². The molecule has 2 amide bonds. The van der Waals surface area contributed by atoms with E-state index in [2.05, 4.69) is 33.9 Å². The van der Waals surface area contributed by atoms with Crippen LogP contribution >= 0.6 is 46.6 Å². The van der Waals surface area contributed by atoms with Crippen LogP contribution in [0.4, 0.5) is 14.7 Å². The lowest BCUT2D eigenvalue weighted by Crippen LogP contribution is -2.61. The maximum absolute atomic E-state index is 13.3. The van der Waals surface area contributed by atoms with Crippen LogP contribution < -0.4 is 11.5 Å². The number of aliphatic hydroxyl groups is 2. The number of anilines is 2. The lowest BCUT2D eigenvalue weighted by atomic mass is 9.89. The SMILES string of the molecule is CC(C)(C)OC(=O)C(C)(C)O/N=C(\C(=O)C[C@@H]1C(=O)N2C3=C(CS[C@H]12)C(O)OC3=O)c1nsc(N)n1.Nc1nc(/C(=N/OCF)C(=O)C[C@@H]2C(=O)N3C4=C(CS[C@H]23)C(O)OC4=O)ns1. The van der Waals surface area contributed by atoms with Crippen LogP contribution in [0.1, 0.15) is 59.1 Å². The summed E-state index contributed by atoms with van der Waals surface area (Å²) in [5.74, 6) is -5.55. The van der Waals surface area contributed by atoms with Crippen molar-refractivity contribution in [3.05, 3.63) is 34.2 Å². The van der Waals surface area contributed by atoms with Crippen molar-refractivity contribution in [2.75, 3.05) is 29.8 Å². The van der Waals surface area contributed by atoms with E-state index in [-0.39, 0.29) is 69.1 Å². The number of thioether (sulfide) groups is 2. The number of nitrogens with two attached hydrogens (primary N) is 2. The minimum Gasteiger partial charge on any atom is -0.457 e. The van der Waals surface area contributed by atoms with Gasteiger partial charge in [-0.25, -0.2) is 18.8 Å². The molecule has 6 aliphatic rings. The van der Waals surface area contributed by atoms with E-state index in [1.807, 2.05) is 0 Å². The van der Waals surface area contributed by atoms with E-state index in [1.165, 1.54) is 47.2 Å². The molecular formula is C35H37FN10O14S4. The molecular weight excluding hydrogens is 932 g/mol. The predicted octanol–water partition coefficient (Wildman–Crippen LogP) is -0.0311. The van der Waals surface area contributed by atoms with E-state index in [1.54, 1.807) is 20.8 Å². The molecule has 24 nitrogen and oxygen atoms in total. The molecule has 6 atom stereocenters. The fraction of sp³-hybridized carbons (Fsp3) is 0.514. The molecule has 8 rings (SSSR count). The summed E-state index contributed by atoms with van der Waals surface area (Å²) in [5.41, 5.74) is 8.95. The van der Waals surface area contributed by atoms with Crippen molar-refractivity contribution in [1.29, 1.82) is 0 Å². The van der Waals surface area contributed by atoms with Gasteiger partial charge in [-0.3, -0.25) is 29.0 Å². The van der Waals surface area contributed by atoms with Gasteiger partial charge in [0.25, 0.3) is 6.86 Å². The molecule has 2 fully saturated rings. The molecule has 0 aromatic carbocycles. The minimum absolute atomic E-state index is 0.0326. The van der Waals surface area contributed by atoms with Crippen LogP contribution in [0.25, 0.3) is 0 Å². The number of ether oxygens (including phenoxy) is 3. The Hall–Kier alpha value is -5.62. The van der Waals surface area contributed by atoms with E-state index >= 15 is 0 Å². The van der Waals surface area contributed by atoms with Crippen LogP contribution in [0.5, 0.6) is 0 Å². The van der Waals surface area contributed by atoms with Gasteiger partial charge < -0.3 is 45.6 Å². The van der Waals surface area contributed by atoms with E-state index in [0.717, 1.165) is 23.1 Å². The van der Waals surface area contributed by atoms with E-state index in [9.17, 15) is 48.2 Å². The number of hydrogen-bond acceptors (Lipinski definition) is 26. The smallest absolute Gasteiger partial charge is 0.357 e. The summed E-state index contributed by atoms with van der Waals surface area (Å²) in [4.78, 5) is 108. The molecule has 0 spiro atoms. The molecule has 2 saturated heterocycles. The van der Waals surface area contributed by atoms with Crippen LogP contribution in [-0.4, -0.2) is 144 Å². The predicted molar refractivity (Wildman–Crippen MR) is 220 cm³/mol.